The first-order valence-corrected chi connectivity index (χ1v) is 15.4. The number of carbonyl (C=O) groups excluding carboxylic acids is 1. The number of methoxy groups -OCH3 is 2. The molecule has 1 amide bonds. The van der Waals surface area contributed by atoms with Crippen LogP contribution in [-0.4, -0.2) is 71.9 Å². The van der Waals surface area contributed by atoms with Crippen molar-refractivity contribution in [1.29, 1.82) is 0 Å². The van der Waals surface area contributed by atoms with Crippen LogP contribution in [0.5, 0.6) is 17.2 Å². The van der Waals surface area contributed by atoms with Crippen molar-refractivity contribution < 1.29 is 33.2 Å². The largest absolute Gasteiger partial charge is 0.496 e. The highest BCUT2D eigenvalue weighted by molar-refractivity contribution is 5.95. The Morgan fingerprint density at radius 2 is 1.61 bits per heavy atom. The van der Waals surface area contributed by atoms with Crippen LogP contribution in [-0.2, 0) is 25.6 Å². The molecule has 0 saturated carbocycles. The van der Waals surface area contributed by atoms with Gasteiger partial charge in [-0.05, 0) is 55.8 Å². The quantitative estimate of drug-likeness (QED) is 0.181. The third-order valence-corrected chi connectivity index (χ3v) is 7.53. The lowest BCUT2D eigenvalue weighted by Crippen LogP contribution is -2.44. The summed E-state index contributed by atoms with van der Waals surface area (Å²) in [6, 6.07) is 23.5. The molecular formula is C35H46N2O7. The fraction of sp³-hybridized carbons (Fsp3) is 0.457. The first-order valence-electron chi connectivity index (χ1n) is 15.4. The van der Waals surface area contributed by atoms with Gasteiger partial charge in [0.2, 0.25) is 0 Å². The second kappa shape index (κ2) is 18.2. The van der Waals surface area contributed by atoms with Crippen molar-refractivity contribution in [2.75, 3.05) is 59.1 Å². The van der Waals surface area contributed by atoms with Gasteiger partial charge in [-0.1, -0.05) is 42.5 Å². The summed E-state index contributed by atoms with van der Waals surface area (Å²) in [7, 11) is 3.33. The highest BCUT2D eigenvalue weighted by atomic mass is 16.5. The van der Waals surface area contributed by atoms with Crippen LogP contribution in [0.25, 0.3) is 0 Å². The van der Waals surface area contributed by atoms with Gasteiger partial charge in [-0.15, -0.1) is 0 Å². The Kier molecular flexibility index (Phi) is 13.8. The van der Waals surface area contributed by atoms with Crippen molar-refractivity contribution in [3.63, 3.8) is 0 Å². The van der Waals surface area contributed by atoms with Gasteiger partial charge in [0.15, 0.2) is 0 Å². The zero-order valence-corrected chi connectivity index (χ0v) is 26.1. The molecule has 1 aliphatic heterocycles. The van der Waals surface area contributed by atoms with Crippen molar-refractivity contribution in [3.8, 4) is 17.2 Å². The molecular weight excluding hydrogens is 560 g/mol. The first kappa shape index (κ1) is 33.3. The molecule has 3 aromatic carbocycles. The van der Waals surface area contributed by atoms with Crippen LogP contribution in [0, 0.1) is 0 Å². The van der Waals surface area contributed by atoms with Gasteiger partial charge >= 0.3 is 0 Å². The summed E-state index contributed by atoms with van der Waals surface area (Å²) in [4.78, 5) is 13.1. The summed E-state index contributed by atoms with van der Waals surface area (Å²) in [6.07, 6.45) is 1.68. The molecule has 238 valence electrons. The number of hydrogen-bond acceptors (Lipinski definition) is 8. The van der Waals surface area contributed by atoms with Crippen molar-refractivity contribution in [2.24, 2.45) is 0 Å². The molecule has 0 aliphatic carbocycles. The molecule has 0 spiro atoms. The van der Waals surface area contributed by atoms with Gasteiger partial charge < -0.3 is 39.1 Å². The van der Waals surface area contributed by atoms with E-state index in [0.717, 1.165) is 42.9 Å². The molecule has 1 aliphatic rings. The topological polar surface area (TPSA) is 96.5 Å². The Hall–Kier alpha value is -3.63. The SMILES string of the molecule is COCCCOc1ccccc1NC(=O)[C@@H](C)O[C@@H]1CNCCC1c1ccc(OCCCOCc2ccccc2OC)cc1. The minimum atomic E-state index is -0.642. The maximum Gasteiger partial charge on any atom is 0.253 e. The van der Waals surface area contributed by atoms with E-state index in [2.05, 4.69) is 22.8 Å². The number of hydrogen-bond donors (Lipinski definition) is 2. The number of nitrogens with one attached hydrogen (secondary N) is 2. The molecule has 1 heterocycles. The van der Waals surface area contributed by atoms with E-state index in [1.165, 1.54) is 5.56 Å². The minimum absolute atomic E-state index is 0.141. The lowest BCUT2D eigenvalue weighted by atomic mass is 9.87. The first-order chi connectivity index (χ1) is 21.6. The van der Waals surface area contributed by atoms with E-state index in [1.807, 2.05) is 60.7 Å². The molecule has 0 radical (unpaired) electrons. The summed E-state index contributed by atoms with van der Waals surface area (Å²) in [5.74, 6) is 2.24. The van der Waals surface area contributed by atoms with Crippen molar-refractivity contribution in [3.05, 3.63) is 83.9 Å². The number of rotatable bonds is 18. The van der Waals surface area contributed by atoms with Crippen LogP contribution in [0.2, 0.25) is 0 Å². The average molecular weight is 607 g/mol. The molecule has 9 heteroatoms. The summed E-state index contributed by atoms with van der Waals surface area (Å²) in [5, 5.41) is 6.39. The van der Waals surface area contributed by atoms with E-state index in [9.17, 15) is 4.79 Å². The maximum atomic E-state index is 13.1. The predicted octanol–water partition coefficient (Wildman–Crippen LogP) is 5.59. The molecule has 0 bridgehead atoms. The number of benzene rings is 3. The summed E-state index contributed by atoms with van der Waals surface area (Å²) >= 11 is 0. The standard InChI is InChI=1S/C35H46N2O7/c1-26(35(38)37-31-11-5-7-13-33(31)43-23-8-20-39-2)44-34-24-36-19-18-30(34)27-14-16-29(17-15-27)42-22-9-21-41-25-28-10-4-6-12-32(28)40-3/h4-7,10-17,26,30,34,36H,8-9,18-25H2,1-3H3,(H,37,38)/t26-,30?,34-/m1/s1. The van der Waals surface area contributed by atoms with Crippen molar-refractivity contribution in [1.82, 2.24) is 5.32 Å². The summed E-state index contributed by atoms with van der Waals surface area (Å²) in [6.45, 7) is 6.16. The van der Waals surface area contributed by atoms with Gasteiger partial charge in [-0.3, -0.25) is 4.79 Å². The molecule has 1 unspecified atom stereocenters. The second-order valence-corrected chi connectivity index (χ2v) is 10.7. The Bertz CT molecular complexity index is 1270. The Morgan fingerprint density at radius 1 is 0.886 bits per heavy atom. The normalized spacial score (nSPS) is 17.1. The second-order valence-electron chi connectivity index (χ2n) is 10.7. The monoisotopic (exact) mass is 606 g/mol. The summed E-state index contributed by atoms with van der Waals surface area (Å²) in [5.41, 5.74) is 2.83. The highest BCUT2D eigenvalue weighted by Crippen LogP contribution is 2.30. The van der Waals surface area contributed by atoms with Crippen LogP contribution >= 0.6 is 0 Å². The lowest BCUT2D eigenvalue weighted by molar-refractivity contribution is -0.131. The van der Waals surface area contributed by atoms with Crippen molar-refractivity contribution in [2.45, 2.75) is 50.9 Å². The number of carbonyl (C=O) groups is 1. The Balaban J connectivity index is 1.23. The van der Waals surface area contributed by atoms with Crippen LogP contribution in [0.15, 0.2) is 72.8 Å². The highest BCUT2D eigenvalue weighted by Gasteiger charge is 2.30. The van der Waals surface area contributed by atoms with Crippen LogP contribution in [0.3, 0.4) is 0 Å². The third kappa shape index (κ3) is 10.2. The van der Waals surface area contributed by atoms with E-state index < -0.39 is 6.10 Å². The van der Waals surface area contributed by atoms with Gasteiger partial charge in [-0.25, -0.2) is 0 Å². The molecule has 1 fully saturated rings. The van der Waals surface area contributed by atoms with Crippen LogP contribution < -0.4 is 24.8 Å². The number of piperidine rings is 1. The fourth-order valence-corrected chi connectivity index (χ4v) is 5.16. The van der Waals surface area contributed by atoms with Gasteiger partial charge in [-0.2, -0.15) is 0 Å². The lowest BCUT2D eigenvalue weighted by Gasteiger charge is -2.34. The number of amides is 1. The van der Waals surface area contributed by atoms with Gasteiger partial charge in [0.25, 0.3) is 5.91 Å². The third-order valence-electron chi connectivity index (χ3n) is 7.53. The molecule has 3 atom stereocenters. The van der Waals surface area contributed by atoms with Crippen molar-refractivity contribution >= 4 is 11.6 Å². The summed E-state index contributed by atoms with van der Waals surface area (Å²) < 4.78 is 34.4. The molecule has 0 aromatic heterocycles. The smallest absolute Gasteiger partial charge is 0.253 e. The van der Waals surface area contributed by atoms with E-state index in [-0.39, 0.29) is 17.9 Å². The van der Waals surface area contributed by atoms with Crippen LogP contribution in [0.4, 0.5) is 5.69 Å². The molecule has 1 saturated heterocycles. The predicted molar refractivity (Wildman–Crippen MR) is 171 cm³/mol. The fourth-order valence-electron chi connectivity index (χ4n) is 5.16. The molecule has 2 N–H and O–H groups in total. The zero-order valence-electron chi connectivity index (χ0n) is 26.1. The Labute approximate surface area is 261 Å². The van der Waals surface area contributed by atoms with Gasteiger partial charge in [0.05, 0.1) is 45.3 Å². The molecule has 3 aromatic rings. The molecule has 4 rings (SSSR count). The minimum Gasteiger partial charge on any atom is -0.496 e. The van der Waals surface area contributed by atoms with E-state index in [0.29, 0.717) is 51.0 Å². The van der Waals surface area contributed by atoms with Gasteiger partial charge in [0.1, 0.15) is 23.4 Å². The van der Waals surface area contributed by atoms with E-state index in [4.69, 9.17) is 28.4 Å². The Morgan fingerprint density at radius 3 is 2.41 bits per heavy atom. The van der Waals surface area contributed by atoms with E-state index >= 15 is 0 Å². The molecule has 44 heavy (non-hydrogen) atoms. The molecule has 9 nitrogen and oxygen atoms in total. The van der Waals surface area contributed by atoms with E-state index in [1.54, 1.807) is 21.1 Å². The average Bonchev–Trinajstić information content (AvgIpc) is 3.06. The number of ether oxygens (including phenoxy) is 6. The number of anilines is 1. The number of para-hydroxylation sites is 3. The van der Waals surface area contributed by atoms with Crippen LogP contribution in [0.1, 0.15) is 43.2 Å². The maximum absolute atomic E-state index is 13.1. The van der Waals surface area contributed by atoms with Gasteiger partial charge in [0, 0.05) is 44.6 Å². The zero-order chi connectivity index (χ0) is 31.0.